The van der Waals surface area contributed by atoms with Crippen LogP contribution in [0.15, 0.2) is 24.3 Å². The Morgan fingerprint density at radius 3 is 2.33 bits per heavy atom. The molecule has 6 nitrogen and oxygen atoms in total. The predicted molar refractivity (Wildman–Crippen MR) is 89.9 cm³/mol. The van der Waals surface area contributed by atoms with Crippen LogP contribution in [0, 0.1) is 11.8 Å². The van der Waals surface area contributed by atoms with Crippen molar-refractivity contribution in [2.45, 2.75) is 46.6 Å². The van der Waals surface area contributed by atoms with Crippen molar-refractivity contribution in [1.29, 1.82) is 0 Å². The maximum absolute atomic E-state index is 12.4. The number of carbonyl (C=O) groups is 3. The second kappa shape index (κ2) is 9.05. The molecule has 0 heterocycles. The summed E-state index contributed by atoms with van der Waals surface area (Å²) in [5.41, 5.74) is -0.0950. The zero-order chi connectivity index (χ0) is 18.3. The van der Waals surface area contributed by atoms with Crippen LogP contribution >= 0.6 is 0 Å². The number of carbonyl (C=O) groups excluding carboxylic acids is 2. The molecule has 0 aliphatic heterocycles. The monoisotopic (exact) mass is 335 g/mol. The molecule has 0 aliphatic rings. The molecule has 1 aromatic rings. The summed E-state index contributed by atoms with van der Waals surface area (Å²) in [7, 11) is 0. The molecule has 2 unspecified atom stereocenters. The van der Waals surface area contributed by atoms with E-state index in [9.17, 15) is 14.4 Å². The lowest BCUT2D eigenvalue weighted by Gasteiger charge is -2.21. The number of amides is 1. The van der Waals surface area contributed by atoms with Crippen molar-refractivity contribution >= 4 is 17.8 Å². The topological polar surface area (TPSA) is 92.7 Å². The van der Waals surface area contributed by atoms with Crippen LogP contribution in [0.3, 0.4) is 0 Å². The molecule has 6 heteroatoms. The molecule has 0 aliphatic carbocycles. The first-order valence-corrected chi connectivity index (χ1v) is 8.10. The Kier molecular flexibility index (Phi) is 7.42. The summed E-state index contributed by atoms with van der Waals surface area (Å²) in [5.74, 6) is -2.13. The van der Waals surface area contributed by atoms with Gasteiger partial charge >= 0.3 is 11.9 Å². The van der Waals surface area contributed by atoms with Crippen molar-refractivity contribution < 1.29 is 24.2 Å². The van der Waals surface area contributed by atoms with Gasteiger partial charge in [-0.05, 0) is 30.9 Å². The standard InChI is InChI=1S/C18H25NO5/c1-5-12(4)16(20)19-14(10-11(2)3)18(23)24-15-9-7-6-8-13(15)17(21)22/h6-9,11-12,14H,5,10H2,1-4H3,(H,19,20)(H,21,22). The van der Waals surface area contributed by atoms with E-state index in [-0.39, 0.29) is 29.1 Å². The Balaban J connectivity index is 2.93. The van der Waals surface area contributed by atoms with E-state index >= 15 is 0 Å². The van der Waals surface area contributed by atoms with E-state index in [0.29, 0.717) is 12.8 Å². The Morgan fingerprint density at radius 1 is 1.17 bits per heavy atom. The fraction of sp³-hybridized carbons (Fsp3) is 0.500. The highest BCUT2D eigenvalue weighted by Crippen LogP contribution is 2.19. The van der Waals surface area contributed by atoms with Crippen molar-refractivity contribution in [2.24, 2.45) is 11.8 Å². The molecule has 0 radical (unpaired) electrons. The van der Waals surface area contributed by atoms with E-state index < -0.39 is 18.0 Å². The second-order valence-corrected chi connectivity index (χ2v) is 6.22. The van der Waals surface area contributed by atoms with Crippen LogP contribution in [0.2, 0.25) is 0 Å². The van der Waals surface area contributed by atoms with Crippen molar-refractivity contribution in [3.8, 4) is 5.75 Å². The summed E-state index contributed by atoms with van der Waals surface area (Å²) >= 11 is 0. The maximum Gasteiger partial charge on any atom is 0.339 e. The molecule has 2 atom stereocenters. The summed E-state index contributed by atoms with van der Waals surface area (Å²) in [6, 6.07) is 5.11. The van der Waals surface area contributed by atoms with Gasteiger partial charge in [0.1, 0.15) is 17.4 Å². The van der Waals surface area contributed by atoms with Gasteiger partial charge in [-0.2, -0.15) is 0 Å². The fourth-order valence-electron chi connectivity index (χ4n) is 2.10. The van der Waals surface area contributed by atoms with Crippen molar-refractivity contribution in [3.05, 3.63) is 29.8 Å². The van der Waals surface area contributed by atoms with Crippen LogP contribution in [-0.2, 0) is 9.59 Å². The lowest BCUT2D eigenvalue weighted by molar-refractivity contribution is -0.140. The minimum Gasteiger partial charge on any atom is -0.478 e. The number of hydrogen-bond acceptors (Lipinski definition) is 4. The minimum absolute atomic E-state index is 0.0263. The smallest absolute Gasteiger partial charge is 0.339 e. The molecular formula is C18H25NO5. The summed E-state index contributed by atoms with van der Waals surface area (Å²) in [6.07, 6.45) is 1.08. The largest absolute Gasteiger partial charge is 0.478 e. The van der Waals surface area contributed by atoms with Crippen molar-refractivity contribution in [3.63, 3.8) is 0 Å². The first-order valence-electron chi connectivity index (χ1n) is 8.10. The van der Waals surface area contributed by atoms with Gasteiger partial charge in [-0.25, -0.2) is 9.59 Å². The van der Waals surface area contributed by atoms with Crippen molar-refractivity contribution in [2.75, 3.05) is 0 Å². The molecule has 0 fully saturated rings. The van der Waals surface area contributed by atoms with Gasteiger partial charge in [-0.1, -0.05) is 39.8 Å². The van der Waals surface area contributed by atoms with Gasteiger partial charge in [0.25, 0.3) is 0 Å². The number of esters is 1. The van der Waals surface area contributed by atoms with Crippen LogP contribution in [-0.4, -0.2) is 29.0 Å². The zero-order valence-electron chi connectivity index (χ0n) is 14.5. The molecule has 1 amide bonds. The summed E-state index contributed by atoms with van der Waals surface area (Å²) in [6.45, 7) is 7.54. The predicted octanol–water partition coefficient (Wildman–Crippen LogP) is 2.87. The van der Waals surface area contributed by atoms with E-state index in [2.05, 4.69) is 5.32 Å². The minimum atomic E-state index is -1.18. The van der Waals surface area contributed by atoms with E-state index in [1.54, 1.807) is 19.1 Å². The van der Waals surface area contributed by atoms with Crippen LogP contribution in [0.5, 0.6) is 5.75 Å². The average Bonchev–Trinajstić information content (AvgIpc) is 2.53. The van der Waals surface area contributed by atoms with Gasteiger partial charge in [0, 0.05) is 5.92 Å². The number of benzene rings is 1. The van der Waals surface area contributed by atoms with Crippen molar-refractivity contribution in [1.82, 2.24) is 5.32 Å². The molecule has 0 bridgehead atoms. The highest BCUT2D eigenvalue weighted by atomic mass is 16.5. The first-order chi connectivity index (χ1) is 11.3. The quantitative estimate of drug-likeness (QED) is 0.563. The van der Waals surface area contributed by atoms with Gasteiger partial charge in [0.15, 0.2) is 0 Å². The van der Waals surface area contributed by atoms with E-state index in [4.69, 9.17) is 9.84 Å². The number of nitrogens with one attached hydrogen (secondary N) is 1. The van der Waals surface area contributed by atoms with Crippen LogP contribution in [0.25, 0.3) is 0 Å². The third kappa shape index (κ3) is 5.68. The van der Waals surface area contributed by atoms with Crippen LogP contribution < -0.4 is 10.1 Å². The molecule has 1 rings (SSSR count). The normalized spacial score (nSPS) is 13.2. The SMILES string of the molecule is CCC(C)C(=O)NC(CC(C)C)C(=O)Oc1ccccc1C(=O)O. The van der Waals surface area contributed by atoms with Gasteiger partial charge in [-0.15, -0.1) is 0 Å². The lowest BCUT2D eigenvalue weighted by Crippen LogP contribution is -2.45. The van der Waals surface area contributed by atoms with E-state index in [1.807, 2.05) is 20.8 Å². The number of para-hydroxylation sites is 1. The summed E-state index contributed by atoms with van der Waals surface area (Å²) in [4.78, 5) is 35.7. The van der Waals surface area contributed by atoms with Gasteiger partial charge in [0.2, 0.25) is 5.91 Å². The molecule has 1 aromatic carbocycles. The molecule has 24 heavy (non-hydrogen) atoms. The molecular weight excluding hydrogens is 310 g/mol. The maximum atomic E-state index is 12.4. The number of carboxylic acids is 1. The number of ether oxygens (including phenoxy) is 1. The number of carboxylic acid groups (broad SMARTS) is 1. The number of rotatable bonds is 8. The number of hydrogen-bond donors (Lipinski definition) is 2. The lowest BCUT2D eigenvalue weighted by atomic mass is 10.0. The summed E-state index contributed by atoms with van der Waals surface area (Å²) in [5, 5.41) is 11.9. The van der Waals surface area contributed by atoms with E-state index in [0.717, 1.165) is 0 Å². The second-order valence-electron chi connectivity index (χ2n) is 6.22. The Labute approximate surface area is 142 Å². The zero-order valence-corrected chi connectivity index (χ0v) is 14.5. The highest BCUT2D eigenvalue weighted by molar-refractivity contribution is 5.93. The fourth-order valence-corrected chi connectivity index (χ4v) is 2.10. The third-order valence-electron chi connectivity index (χ3n) is 3.70. The Hall–Kier alpha value is -2.37. The van der Waals surface area contributed by atoms with Gasteiger partial charge in [0.05, 0.1) is 0 Å². The van der Waals surface area contributed by atoms with Gasteiger partial charge in [-0.3, -0.25) is 4.79 Å². The molecule has 132 valence electrons. The molecule has 0 aromatic heterocycles. The third-order valence-corrected chi connectivity index (χ3v) is 3.70. The van der Waals surface area contributed by atoms with Crippen LogP contribution in [0.4, 0.5) is 0 Å². The number of aromatic carboxylic acids is 1. The Morgan fingerprint density at radius 2 is 1.79 bits per heavy atom. The van der Waals surface area contributed by atoms with E-state index in [1.165, 1.54) is 12.1 Å². The first kappa shape index (κ1) is 19.7. The molecule has 0 spiro atoms. The van der Waals surface area contributed by atoms with Crippen LogP contribution in [0.1, 0.15) is 50.9 Å². The summed E-state index contributed by atoms with van der Waals surface area (Å²) < 4.78 is 5.25. The van der Waals surface area contributed by atoms with Gasteiger partial charge < -0.3 is 15.2 Å². The Bertz CT molecular complexity index is 597. The average molecular weight is 335 g/mol. The highest BCUT2D eigenvalue weighted by Gasteiger charge is 2.26. The molecule has 2 N–H and O–H groups in total. The molecule has 0 saturated heterocycles. The molecule has 0 saturated carbocycles.